The first-order chi connectivity index (χ1) is 9.13. The molecule has 1 unspecified atom stereocenters. The summed E-state index contributed by atoms with van der Waals surface area (Å²) < 4.78 is 0. The summed E-state index contributed by atoms with van der Waals surface area (Å²) in [5, 5.41) is 3.47. The minimum atomic E-state index is 0.398. The van der Waals surface area contributed by atoms with Crippen LogP contribution in [0.25, 0.3) is 11.1 Å². The van der Waals surface area contributed by atoms with Crippen LogP contribution in [0, 0.1) is 13.8 Å². The molecule has 2 aromatic rings. The van der Waals surface area contributed by atoms with Gasteiger partial charge in [-0.2, -0.15) is 0 Å². The van der Waals surface area contributed by atoms with E-state index >= 15 is 0 Å². The first kappa shape index (κ1) is 13.8. The van der Waals surface area contributed by atoms with Gasteiger partial charge in [0.2, 0.25) is 0 Å². The molecule has 1 heteroatoms. The zero-order valence-corrected chi connectivity index (χ0v) is 12.3. The van der Waals surface area contributed by atoms with Crippen LogP contribution in [-0.2, 0) is 0 Å². The van der Waals surface area contributed by atoms with E-state index in [0.29, 0.717) is 6.04 Å². The van der Waals surface area contributed by atoms with Crippen molar-refractivity contribution in [2.45, 2.75) is 33.7 Å². The number of rotatable bonds is 4. The molecule has 0 radical (unpaired) electrons. The van der Waals surface area contributed by atoms with Crippen LogP contribution in [0.3, 0.4) is 0 Å². The second kappa shape index (κ2) is 6.03. The largest absolute Gasteiger partial charge is 0.310 e. The molecule has 0 fully saturated rings. The maximum absolute atomic E-state index is 3.47. The highest BCUT2D eigenvalue weighted by Gasteiger charge is 2.07. The molecule has 1 nitrogen and oxygen atoms in total. The monoisotopic (exact) mass is 253 g/mol. The number of aryl methyl sites for hydroxylation is 1. The van der Waals surface area contributed by atoms with Crippen LogP contribution < -0.4 is 5.32 Å². The molecule has 0 saturated heterocycles. The summed E-state index contributed by atoms with van der Waals surface area (Å²) in [6.45, 7) is 9.72. The van der Waals surface area contributed by atoms with Crippen LogP contribution >= 0.6 is 0 Å². The van der Waals surface area contributed by atoms with Gasteiger partial charge in [0.15, 0.2) is 0 Å². The van der Waals surface area contributed by atoms with E-state index in [1.165, 1.54) is 27.8 Å². The Labute approximate surface area is 116 Å². The molecule has 100 valence electrons. The zero-order chi connectivity index (χ0) is 13.8. The van der Waals surface area contributed by atoms with E-state index in [1.54, 1.807) is 0 Å². The van der Waals surface area contributed by atoms with Gasteiger partial charge >= 0.3 is 0 Å². The molecule has 19 heavy (non-hydrogen) atoms. The lowest BCUT2D eigenvalue weighted by Crippen LogP contribution is -2.17. The normalized spacial score (nSPS) is 12.4. The Morgan fingerprint density at radius 2 is 1.79 bits per heavy atom. The molecular weight excluding hydrogens is 230 g/mol. The van der Waals surface area contributed by atoms with E-state index in [9.17, 15) is 0 Å². The molecule has 2 rings (SSSR count). The summed E-state index contributed by atoms with van der Waals surface area (Å²) in [5.41, 5.74) is 6.72. The molecule has 0 heterocycles. The van der Waals surface area contributed by atoms with Crippen LogP contribution in [0.1, 0.15) is 36.6 Å². The smallest absolute Gasteiger partial charge is 0.0291 e. The van der Waals surface area contributed by atoms with Crippen LogP contribution in [0.15, 0.2) is 42.5 Å². The van der Waals surface area contributed by atoms with E-state index in [4.69, 9.17) is 0 Å². The first-order valence-electron chi connectivity index (χ1n) is 7.03. The van der Waals surface area contributed by atoms with Gasteiger partial charge in [0.05, 0.1) is 0 Å². The molecule has 0 aromatic heterocycles. The summed E-state index contributed by atoms with van der Waals surface area (Å²) in [7, 11) is 0. The molecule has 0 aliphatic carbocycles. The molecule has 1 N–H and O–H groups in total. The Morgan fingerprint density at radius 1 is 1.05 bits per heavy atom. The van der Waals surface area contributed by atoms with Crippen molar-refractivity contribution in [3.63, 3.8) is 0 Å². The average molecular weight is 253 g/mol. The van der Waals surface area contributed by atoms with E-state index in [2.05, 4.69) is 75.5 Å². The maximum atomic E-state index is 3.47. The molecule has 0 amide bonds. The van der Waals surface area contributed by atoms with E-state index in [0.717, 1.165) is 6.54 Å². The van der Waals surface area contributed by atoms with Crippen molar-refractivity contribution in [2.75, 3.05) is 6.54 Å². The number of hydrogen-bond donors (Lipinski definition) is 1. The predicted molar refractivity (Wildman–Crippen MR) is 83.4 cm³/mol. The van der Waals surface area contributed by atoms with Crippen LogP contribution in [0.4, 0.5) is 0 Å². The van der Waals surface area contributed by atoms with Crippen molar-refractivity contribution in [3.8, 4) is 11.1 Å². The van der Waals surface area contributed by atoms with E-state index in [1.807, 2.05) is 0 Å². The summed E-state index contributed by atoms with van der Waals surface area (Å²) in [4.78, 5) is 0. The fraction of sp³-hybridized carbons (Fsp3) is 0.333. The van der Waals surface area contributed by atoms with Crippen molar-refractivity contribution in [1.82, 2.24) is 5.32 Å². The summed E-state index contributed by atoms with van der Waals surface area (Å²) in [6.07, 6.45) is 0. The Kier molecular flexibility index (Phi) is 4.39. The lowest BCUT2D eigenvalue weighted by Gasteiger charge is -2.15. The SMILES string of the molecule is CCNC(C)c1cccc(-c2cccc(C)c2C)c1. The molecule has 0 aliphatic heterocycles. The van der Waals surface area contributed by atoms with Crippen LogP contribution in [0.5, 0.6) is 0 Å². The second-order valence-corrected chi connectivity index (χ2v) is 5.15. The molecule has 0 spiro atoms. The number of nitrogens with one attached hydrogen (secondary N) is 1. The van der Waals surface area contributed by atoms with Crippen LogP contribution in [-0.4, -0.2) is 6.54 Å². The number of hydrogen-bond acceptors (Lipinski definition) is 1. The zero-order valence-electron chi connectivity index (χ0n) is 12.3. The van der Waals surface area contributed by atoms with Gasteiger partial charge in [0, 0.05) is 6.04 Å². The van der Waals surface area contributed by atoms with E-state index in [-0.39, 0.29) is 0 Å². The molecule has 0 aliphatic rings. The van der Waals surface area contributed by atoms with Crippen molar-refractivity contribution in [3.05, 3.63) is 59.2 Å². The van der Waals surface area contributed by atoms with Gasteiger partial charge in [0.1, 0.15) is 0 Å². The Morgan fingerprint density at radius 3 is 2.53 bits per heavy atom. The lowest BCUT2D eigenvalue weighted by molar-refractivity contribution is 0.598. The highest BCUT2D eigenvalue weighted by atomic mass is 14.9. The minimum absolute atomic E-state index is 0.398. The third-order valence-corrected chi connectivity index (χ3v) is 3.81. The van der Waals surface area contributed by atoms with Crippen LogP contribution in [0.2, 0.25) is 0 Å². The van der Waals surface area contributed by atoms with E-state index < -0.39 is 0 Å². The molecular formula is C18H23N. The van der Waals surface area contributed by atoms with Gasteiger partial charge in [-0.05, 0) is 61.2 Å². The topological polar surface area (TPSA) is 12.0 Å². The van der Waals surface area contributed by atoms with Gasteiger partial charge in [-0.15, -0.1) is 0 Å². The molecule has 2 aromatic carbocycles. The fourth-order valence-electron chi connectivity index (χ4n) is 2.46. The van der Waals surface area contributed by atoms with Crippen molar-refractivity contribution in [1.29, 1.82) is 0 Å². The fourth-order valence-corrected chi connectivity index (χ4v) is 2.46. The van der Waals surface area contributed by atoms with Gasteiger partial charge in [-0.25, -0.2) is 0 Å². The number of benzene rings is 2. The standard InChI is InChI=1S/C18H23N/c1-5-19-15(4)16-9-7-10-17(12-16)18-11-6-8-13(2)14(18)3/h6-12,15,19H,5H2,1-4H3. The summed E-state index contributed by atoms with van der Waals surface area (Å²) in [5.74, 6) is 0. The van der Waals surface area contributed by atoms with Gasteiger partial charge < -0.3 is 5.32 Å². The van der Waals surface area contributed by atoms with Crippen molar-refractivity contribution < 1.29 is 0 Å². The third-order valence-electron chi connectivity index (χ3n) is 3.81. The lowest BCUT2D eigenvalue weighted by atomic mass is 9.95. The van der Waals surface area contributed by atoms with Crippen molar-refractivity contribution >= 4 is 0 Å². The maximum Gasteiger partial charge on any atom is 0.0291 e. The molecule has 0 saturated carbocycles. The quantitative estimate of drug-likeness (QED) is 0.837. The predicted octanol–water partition coefficient (Wildman–Crippen LogP) is 4.64. The van der Waals surface area contributed by atoms with Gasteiger partial charge in [-0.1, -0.05) is 43.3 Å². The van der Waals surface area contributed by atoms with Gasteiger partial charge in [-0.3, -0.25) is 0 Å². The highest BCUT2D eigenvalue weighted by Crippen LogP contribution is 2.27. The first-order valence-corrected chi connectivity index (χ1v) is 7.03. The Balaban J connectivity index is 2.40. The summed E-state index contributed by atoms with van der Waals surface area (Å²) in [6, 6.07) is 15.8. The summed E-state index contributed by atoms with van der Waals surface area (Å²) >= 11 is 0. The second-order valence-electron chi connectivity index (χ2n) is 5.15. The third kappa shape index (κ3) is 3.05. The molecule has 0 bridgehead atoms. The highest BCUT2D eigenvalue weighted by molar-refractivity contribution is 5.69. The Hall–Kier alpha value is -1.60. The van der Waals surface area contributed by atoms with Crippen molar-refractivity contribution in [2.24, 2.45) is 0 Å². The van der Waals surface area contributed by atoms with Gasteiger partial charge in [0.25, 0.3) is 0 Å². The Bertz CT molecular complexity index is 557. The average Bonchev–Trinajstić information content (AvgIpc) is 2.42. The molecule has 1 atom stereocenters. The minimum Gasteiger partial charge on any atom is -0.310 e.